The zero-order chi connectivity index (χ0) is 22.0. The van der Waals surface area contributed by atoms with E-state index in [9.17, 15) is 0 Å². The van der Waals surface area contributed by atoms with E-state index in [1.54, 1.807) is 0 Å². The second-order valence-corrected chi connectivity index (χ2v) is 9.83. The molecule has 1 atom stereocenters. The average molecular weight is 488 g/mol. The molecule has 1 spiro atoms. The minimum absolute atomic E-state index is 0.296. The summed E-state index contributed by atoms with van der Waals surface area (Å²) in [7, 11) is 0. The molecule has 0 amide bonds. The highest BCUT2D eigenvalue weighted by atomic mass is 79.9. The normalized spacial score (nSPS) is 18.6. The summed E-state index contributed by atoms with van der Waals surface area (Å²) in [5, 5.41) is 0. The van der Waals surface area contributed by atoms with Crippen molar-refractivity contribution < 1.29 is 0 Å². The molecule has 7 rings (SSSR count). The predicted octanol–water partition coefficient (Wildman–Crippen LogP) is 8.15. The van der Waals surface area contributed by atoms with Gasteiger partial charge in [0.2, 0.25) is 0 Å². The first-order valence-corrected chi connectivity index (χ1v) is 12.3. The van der Waals surface area contributed by atoms with Gasteiger partial charge in [0.25, 0.3) is 0 Å². The fourth-order valence-corrected chi connectivity index (χ4v) is 6.93. The summed E-state index contributed by atoms with van der Waals surface area (Å²) >= 11 is 3.98. The van der Waals surface area contributed by atoms with Crippen LogP contribution >= 0.6 is 15.9 Å². The first kappa shape index (κ1) is 19.1. The largest absolute Gasteiger partial charge is 0.334 e. The number of hydrogen-bond acceptors (Lipinski definition) is 1. The summed E-state index contributed by atoms with van der Waals surface area (Å²) in [6, 6.07) is 33.9. The Morgan fingerprint density at radius 1 is 0.667 bits per heavy atom. The fourth-order valence-electron chi connectivity index (χ4n) is 6.26. The van der Waals surface area contributed by atoms with E-state index in [1.165, 1.54) is 44.8 Å². The third-order valence-electron chi connectivity index (χ3n) is 7.43. The van der Waals surface area contributed by atoms with Crippen molar-refractivity contribution in [3.05, 3.63) is 142 Å². The first-order valence-electron chi connectivity index (χ1n) is 11.5. The van der Waals surface area contributed by atoms with Crippen molar-refractivity contribution in [3.8, 4) is 11.1 Å². The van der Waals surface area contributed by atoms with Gasteiger partial charge < -0.3 is 4.90 Å². The molecule has 3 aliphatic rings. The Kier molecular flexibility index (Phi) is 4.10. The molecular weight excluding hydrogens is 466 g/mol. The number of nitrogens with zero attached hydrogens (tertiary/aromatic N) is 1. The van der Waals surface area contributed by atoms with E-state index in [0.717, 1.165) is 10.9 Å². The molecule has 2 heteroatoms. The predicted molar refractivity (Wildman–Crippen MR) is 140 cm³/mol. The van der Waals surface area contributed by atoms with Gasteiger partial charge in [0, 0.05) is 15.8 Å². The van der Waals surface area contributed by atoms with Gasteiger partial charge in [-0.2, -0.15) is 0 Å². The van der Waals surface area contributed by atoms with E-state index in [2.05, 4.69) is 136 Å². The molecule has 33 heavy (non-hydrogen) atoms. The fraction of sp³-hybridized carbons (Fsp3) is 0.0968. The highest BCUT2D eigenvalue weighted by Crippen LogP contribution is 2.63. The van der Waals surface area contributed by atoms with Gasteiger partial charge in [0.05, 0.1) is 11.5 Å². The van der Waals surface area contributed by atoms with Gasteiger partial charge in [-0.05, 0) is 58.0 Å². The maximum Gasteiger partial charge on any atom is 0.0764 e. The van der Waals surface area contributed by atoms with Crippen molar-refractivity contribution in [2.75, 3.05) is 4.90 Å². The summed E-state index contributed by atoms with van der Waals surface area (Å²) in [5.41, 5.74) is 10.3. The van der Waals surface area contributed by atoms with Crippen LogP contribution in [0.4, 0.5) is 11.4 Å². The number of fused-ring (bicyclic) bond motifs is 9. The Hall–Kier alpha value is -3.36. The van der Waals surface area contributed by atoms with Gasteiger partial charge in [0.1, 0.15) is 0 Å². The Balaban J connectivity index is 1.65. The van der Waals surface area contributed by atoms with Crippen LogP contribution in [0.15, 0.2) is 120 Å². The van der Waals surface area contributed by atoms with E-state index < -0.39 is 0 Å². The Labute approximate surface area is 202 Å². The van der Waals surface area contributed by atoms with Gasteiger partial charge in [-0.3, -0.25) is 0 Å². The molecule has 0 bridgehead atoms. The molecule has 4 aromatic carbocycles. The van der Waals surface area contributed by atoms with Crippen molar-refractivity contribution in [1.82, 2.24) is 0 Å². The molecule has 1 unspecified atom stereocenters. The van der Waals surface area contributed by atoms with E-state index in [1.807, 2.05) is 0 Å². The second kappa shape index (κ2) is 7.07. The molecule has 158 valence electrons. The molecular formula is C31H22BrN. The Morgan fingerprint density at radius 3 is 2.00 bits per heavy atom. The third-order valence-corrected chi connectivity index (χ3v) is 8.10. The number of anilines is 2. The highest BCUT2D eigenvalue weighted by Gasteiger charge is 2.52. The van der Waals surface area contributed by atoms with Crippen LogP contribution in [0.25, 0.3) is 11.1 Å². The number of para-hydroxylation sites is 2. The van der Waals surface area contributed by atoms with Crippen LogP contribution in [0.3, 0.4) is 0 Å². The second-order valence-electron chi connectivity index (χ2n) is 8.98. The lowest BCUT2D eigenvalue weighted by Crippen LogP contribution is -2.41. The van der Waals surface area contributed by atoms with Crippen molar-refractivity contribution in [1.29, 1.82) is 0 Å². The molecule has 0 saturated heterocycles. The van der Waals surface area contributed by atoms with Crippen molar-refractivity contribution in [3.63, 3.8) is 0 Å². The highest BCUT2D eigenvalue weighted by molar-refractivity contribution is 9.10. The van der Waals surface area contributed by atoms with Gasteiger partial charge in [-0.25, -0.2) is 0 Å². The number of hydrogen-bond donors (Lipinski definition) is 0. The molecule has 0 N–H and O–H groups in total. The van der Waals surface area contributed by atoms with E-state index in [-0.39, 0.29) is 5.41 Å². The SMILES string of the molecule is Brc1cccc2c1C1(c3ccccc3-2)c2ccccc2N(C2C=CC=CC2)c2ccccc21. The Morgan fingerprint density at radius 2 is 1.30 bits per heavy atom. The van der Waals surface area contributed by atoms with Gasteiger partial charge >= 0.3 is 0 Å². The van der Waals surface area contributed by atoms with Gasteiger partial charge in [-0.15, -0.1) is 0 Å². The van der Waals surface area contributed by atoms with E-state index in [0.29, 0.717) is 6.04 Å². The van der Waals surface area contributed by atoms with Crippen molar-refractivity contribution >= 4 is 27.3 Å². The van der Waals surface area contributed by atoms with Crippen LogP contribution in [-0.2, 0) is 5.41 Å². The molecule has 0 aromatic heterocycles. The van der Waals surface area contributed by atoms with E-state index in [4.69, 9.17) is 0 Å². The summed E-state index contributed by atoms with van der Waals surface area (Å²) in [5.74, 6) is 0. The number of benzene rings is 4. The molecule has 0 radical (unpaired) electrons. The number of allylic oxidation sites excluding steroid dienone is 2. The molecule has 1 heterocycles. The van der Waals surface area contributed by atoms with Crippen LogP contribution in [-0.4, -0.2) is 6.04 Å². The summed E-state index contributed by atoms with van der Waals surface area (Å²) < 4.78 is 1.16. The van der Waals surface area contributed by atoms with Gasteiger partial charge in [0.15, 0.2) is 0 Å². The van der Waals surface area contributed by atoms with Crippen LogP contribution in [0, 0.1) is 0 Å². The maximum absolute atomic E-state index is 3.98. The monoisotopic (exact) mass is 487 g/mol. The molecule has 1 nitrogen and oxygen atoms in total. The van der Waals surface area contributed by atoms with E-state index >= 15 is 0 Å². The average Bonchev–Trinajstić information content (AvgIpc) is 3.18. The smallest absolute Gasteiger partial charge is 0.0764 e. The molecule has 4 aromatic rings. The lowest BCUT2D eigenvalue weighted by molar-refractivity contribution is 0.698. The molecule has 0 fully saturated rings. The summed E-state index contributed by atoms with van der Waals surface area (Å²) in [6.07, 6.45) is 9.94. The van der Waals surface area contributed by atoms with Crippen molar-refractivity contribution in [2.24, 2.45) is 0 Å². The third kappa shape index (κ3) is 2.42. The van der Waals surface area contributed by atoms with Crippen LogP contribution in [0.1, 0.15) is 28.7 Å². The van der Waals surface area contributed by atoms with Crippen molar-refractivity contribution in [2.45, 2.75) is 17.9 Å². The summed E-state index contributed by atoms with van der Waals surface area (Å²) in [4.78, 5) is 2.55. The van der Waals surface area contributed by atoms with Crippen LogP contribution in [0.5, 0.6) is 0 Å². The minimum Gasteiger partial charge on any atom is -0.334 e. The topological polar surface area (TPSA) is 3.24 Å². The standard InChI is InChI=1S/C31H22BrN/c32-27-18-10-14-23-22-13-4-5-15-24(22)31(30(23)27)25-16-6-8-19-28(25)33(21-11-2-1-3-12-21)29-20-9-7-17-26(29)31/h1-11,13-21H,12H2. The maximum atomic E-state index is 3.98. The number of rotatable bonds is 1. The minimum atomic E-state index is -0.357. The van der Waals surface area contributed by atoms with Gasteiger partial charge in [-0.1, -0.05) is 113 Å². The van der Waals surface area contributed by atoms with Crippen LogP contribution in [0.2, 0.25) is 0 Å². The lowest BCUT2D eigenvalue weighted by Gasteiger charge is -2.47. The molecule has 0 saturated carbocycles. The summed E-state index contributed by atoms with van der Waals surface area (Å²) in [6.45, 7) is 0. The Bertz CT molecular complexity index is 1430. The van der Waals surface area contributed by atoms with Crippen LogP contribution < -0.4 is 4.90 Å². The first-order chi connectivity index (χ1) is 16.3. The lowest BCUT2D eigenvalue weighted by atomic mass is 9.64. The zero-order valence-corrected chi connectivity index (χ0v) is 19.7. The quantitative estimate of drug-likeness (QED) is 0.230. The molecule has 1 aliphatic heterocycles. The molecule has 2 aliphatic carbocycles. The zero-order valence-electron chi connectivity index (χ0n) is 18.1. The number of halogens is 1.